The van der Waals surface area contributed by atoms with Crippen LogP contribution in [-0.2, 0) is 9.53 Å². The lowest BCUT2D eigenvalue weighted by Gasteiger charge is -2.25. The summed E-state index contributed by atoms with van der Waals surface area (Å²) in [5.41, 5.74) is 5.52. The van der Waals surface area contributed by atoms with Crippen molar-refractivity contribution >= 4 is 5.97 Å². The fourth-order valence-corrected chi connectivity index (χ4v) is 1.72. The molecule has 0 saturated heterocycles. The molecule has 19 heavy (non-hydrogen) atoms. The Morgan fingerprint density at radius 3 is 2.42 bits per heavy atom. The number of hydrogen-bond donors (Lipinski definition) is 1. The van der Waals surface area contributed by atoms with E-state index in [-0.39, 0.29) is 18.2 Å². The highest BCUT2D eigenvalue weighted by Gasteiger charge is 2.23. The van der Waals surface area contributed by atoms with E-state index >= 15 is 0 Å². The molecule has 2 N–H and O–H groups in total. The summed E-state index contributed by atoms with van der Waals surface area (Å²) in [4.78, 5) is 11.6. The van der Waals surface area contributed by atoms with Crippen LogP contribution in [0.1, 0.15) is 33.6 Å². The summed E-state index contributed by atoms with van der Waals surface area (Å²) in [5, 5.41) is 0. The van der Waals surface area contributed by atoms with Gasteiger partial charge in [0.05, 0.1) is 0 Å². The van der Waals surface area contributed by atoms with Gasteiger partial charge >= 0.3 is 5.97 Å². The maximum Gasteiger partial charge on any atom is 0.323 e. The maximum atomic E-state index is 11.6. The van der Waals surface area contributed by atoms with E-state index in [9.17, 15) is 4.79 Å². The van der Waals surface area contributed by atoms with E-state index < -0.39 is 6.04 Å². The third-order valence-corrected chi connectivity index (χ3v) is 2.80. The Labute approximate surface area is 114 Å². The Morgan fingerprint density at radius 2 is 1.89 bits per heavy atom. The molecule has 1 aromatic rings. The fourth-order valence-electron chi connectivity index (χ4n) is 1.72. The molecule has 0 bridgehead atoms. The summed E-state index contributed by atoms with van der Waals surface area (Å²) in [7, 11) is 0. The number of nitrogens with two attached hydrogens (primary N) is 1. The van der Waals surface area contributed by atoms with Crippen molar-refractivity contribution in [1.82, 2.24) is 0 Å². The number of esters is 1. The minimum atomic E-state index is -0.608. The first-order valence-electron chi connectivity index (χ1n) is 6.72. The quantitative estimate of drug-likeness (QED) is 0.769. The van der Waals surface area contributed by atoms with Gasteiger partial charge in [-0.1, -0.05) is 31.5 Å². The number of hydrogen-bond acceptors (Lipinski definition) is 4. The largest absolute Gasteiger partial charge is 0.487 e. The van der Waals surface area contributed by atoms with Crippen molar-refractivity contribution in [3.63, 3.8) is 0 Å². The number of carbonyl (C=O) groups excluding carboxylic acids is 1. The smallest absolute Gasteiger partial charge is 0.323 e. The molecule has 1 rings (SSSR count). The molecule has 0 aromatic heterocycles. The molecule has 0 aliphatic carbocycles. The van der Waals surface area contributed by atoms with Crippen molar-refractivity contribution in [2.45, 2.75) is 51.9 Å². The molecule has 0 aliphatic heterocycles. The predicted molar refractivity (Wildman–Crippen MR) is 75.0 cm³/mol. The second-order valence-electron chi connectivity index (χ2n) is 4.69. The van der Waals surface area contributed by atoms with Crippen LogP contribution < -0.4 is 10.5 Å². The Kier molecular flexibility index (Phi) is 6.36. The molecule has 3 atom stereocenters. The molecule has 0 saturated carbocycles. The summed E-state index contributed by atoms with van der Waals surface area (Å²) in [6.07, 6.45) is 1.19. The van der Waals surface area contributed by atoms with Crippen molar-refractivity contribution < 1.29 is 14.3 Å². The molecule has 0 spiro atoms. The first-order valence-corrected chi connectivity index (χ1v) is 6.72. The van der Waals surface area contributed by atoms with Crippen LogP contribution in [0.25, 0.3) is 0 Å². The van der Waals surface area contributed by atoms with E-state index in [0.29, 0.717) is 0 Å². The van der Waals surface area contributed by atoms with E-state index in [0.717, 1.165) is 18.6 Å². The van der Waals surface area contributed by atoms with E-state index in [1.54, 1.807) is 6.92 Å². The van der Waals surface area contributed by atoms with Gasteiger partial charge in [0, 0.05) is 0 Å². The molecule has 106 valence electrons. The van der Waals surface area contributed by atoms with E-state index in [1.165, 1.54) is 0 Å². The van der Waals surface area contributed by atoms with Gasteiger partial charge in [0.15, 0.2) is 0 Å². The van der Waals surface area contributed by atoms with Crippen LogP contribution in [0.4, 0.5) is 0 Å². The Bertz CT molecular complexity index is 378. The molecule has 0 heterocycles. The minimum absolute atomic E-state index is 0.204. The standard InChI is InChI=1S/C15H23NO3/c1-4-8-14(19-15(17)11(2)16)12(3)18-13-9-6-5-7-10-13/h5-7,9-12,14H,4,8,16H2,1-3H3/t11-,12+,14-/m0/s1. The SMILES string of the molecule is CCC[C@H](OC(=O)[C@H](C)N)[C@@H](C)Oc1ccccc1. The van der Waals surface area contributed by atoms with Crippen LogP contribution in [0.2, 0.25) is 0 Å². The van der Waals surface area contributed by atoms with E-state index in [2.05, 4.69) is 0 Å². The zero-order valence-corrected chi connectivity index (χ0v) is 11.8. The molecular formula is C15H23NO3. The highest BCUT2D eigenvalue weighted by Crippen LogP contribution is 2.16. The number of para-hydroxylation sites is 1. The second kappa shape index (κ2) is 7.79. The van der Waals surface area contributed by atoms with Crippen LogP contribution in [0.15, 0.2) is 30.3 Å². The topological polar surface area (TPSA) is 61.5 Å². The third kappa shape index (κ3) is 5.30. The number of rotatable bonds is 7. The van der Waals surface area contributed by atoms with E-state index in [4.69, 9.17) is 15.2 Å². The highest BCUT2D eigenvalue weighted by atomic mass is 16.6. The molecule has 0 aliphatic rings. The first-order chi connectivity index (χ1) is 9.04. The van der Waals surface area contributed by atoms with Crippen LogP contribution in [0, 0.1) is 0 Å². The Morgan fingerprint density at radius 1 is 1.26 bits per heavy atom. The van der Waals surface area contributed by atoms with Gasteiger partial charge in [0.2, 0.25) is 0 Å². The second-order valence-corrected chi connectivity index (χ2v) is 4.69. The lowest BCUT2D eigenvalue weighted by atomic mass is 10.1. The molecular weight excluding hydrogens is 242 g/mol. The van der Waals surface area contributed by atoms with Crippen molar-refractivity contribution in [3.05, 3.63) is 30.3 Å². The van der Waals surface area contributed by atoms with Gasteiger partial charge in [-0.2, -0.15) is 0 Å². The number of benzene rings is 1. The normalized spacial score (nSPS) is 15.4. The average molecular weight is 265 g/mol. The van der Waals surface area contributed by atoms with Crippen molar-refractivity contribution in [2.24, 2.45) is 5.73 Å². The summed E-state index contributed by atoms with van der Waals surface area (Å²) >= 11 is 0. The van der Waals surface area contributed by atoms with Gasteiger partial charge in [-0.3, -0.25) is 4.79 Å². The van der Waals surface area contributed by atoms with Crippen molar-refractivity contribution in [3.8, 4) is 5.75 Å². The summed E-state index contributed by atoms with van der Waals surface area (Å²) in [6, 6.07) is 8.90. The van der Waals surface area contributed by atoms with E-state index in [1.807, 2.05) is 44.2 Å². The van der Waals surface area contributed by atoms with Gasteiger partial charge in [0.25, 0.3) is 0 Å². The van der Waals surface area contributed by atoms with Gasteiger partial charge in [-0.15, -0.1) is 0 Å². The van der Waals surface area contributed by atoms with Crippen molar-refractivity contribution in [1.29, 1.82) is 0 Å². The molecule has 0 amide bonds. The zero-order valence-electron chi connectivity index (χ0n) is 11.8. The molecule has 0 unspecified atom stereocenters. The van der Waals surface area contributed by atoms with Gasteiger partial charge in [-0.05, 0) is 32.4 Å². The molecule has 0 fully saturated rings. The third-order valence-electron chi connectivity index (χ3n) is 2.80. The molecule has 0 radical (unpaired) electrons. The maximum absolute atomic E-state index is 11.6. The first kappa shape index (κ1) is 15.5. The van der Waals surface area contributed by atoms with Gasteiger partial charge < -0.3 is 15.2 Å². The van der Waals surface area contributed by atoms with Gasteiger partial charge in [-0.25, -0.2) is 0 Å². The fraction of sp³-hybridized carbons (Fsp3) is 0.533. The van der Waals surface area contributed by atoms with Crippen LogP contribution in [-0.4, -0.2) is 24.2 Å². The zero-order chi connectivity index (χ0) is 14.3. The van der Waals surface area contributed by atoms with Crippen LogP contribution >= 0.6 is 0 Å². The lowest BCUT2D eigenvalue weighted by molar-refractivity contribution is -0.155. The molecule has 1 aromatic carbocycles. The number of ether oxygens (including phenoxy) is 2. The van der Waals surface area contributed by atoms with Crippen molar-refractivity contribution in [2.75, 3.05) is 0 Å². The van der Waals surface area contributed by atoms with Crippen LogP contribution in [0.3, 0.4) is 0 Å². The summed E-state index contributed by atoms with van der Waals surface area (Å²) in [5.74, 6) is 0.384. The predicted octanol–water partition coefficient (Wildman–Crippen LogP) is 2.51. The molecule has 4 nitrogen and oxygen atoms in total. The minimum Gasteiger partial charge on any atom is -0.487 e. The monoisotopic (exact) mass is 265 g/mol. The van der Waals surface area contributed by atoms with Crippen LogP contribution in [0.5, 0.6) is 5.75 Å². The number of carbonyl (C=O) groups is 1. The summed E-state index contributed by atoms with van der Waals surface area (Å²) < 4.78 is 11.2. The summed E-state index contributed by atoms with van der Waals surface area (Å²) in [6.45, 7) is 5.57. The Balaban J connectivity index is 2.62. The average Bonchev–Trinajstić information content (AvgIpc) is 2.39. The lowest BCUT2D eigenvalue weighted by Crippen LogP contribution is -2.38. The van der Waals surface area contributed by atoms with Gasteiger partial charge in [0.1, 0.15) is 24.0 Å². The highest BCUT2D eigenvalue weighted by molar-refractivity contribution is 5.75. The Hall–Kier alpha value is -1.55. The molecule has 4 heteroatoms.